The third-order valence-electron chi connectivity index (χ3n) is 3.66. The predicted octanol–water partition coefficient (Wildman–Crippen LogP) is 4.15. The third-order valence-corrected chi connectivity index (χ3v) is 3.66. The number of rotatable bonds is 0. The van der Waals surface area contributed by atoms with E-state index in [1.54, 1.807) is 0 Å². The number of nitrogens with zero attached hydrogens (tertiary/aromatic N) is 1. The van der Waals surface area contributed by atoms with Crippen molar-refractivity contribution in [2.75, 3.05) is 11.4 Å². The summed E-state index contributed by atoms with van der Waals surface area (Å²) >= 11 is 0. The van der Waals surface area contributed by atoms with E-state index in [4.69, 9.17) is 0 Å². The van der Waals surface area contributed by atoms with Crippen molar-refractivity contribution in [3.8, 4) is 0 Å². The minimum absolute atomic E-state index is 0.224. The number of anilines is 1. The highest BCUT2D eigenvalue weighted by atomic mass is 15.2. The maximum absolute atomic E-state index is 2.54. The fourth-order valence-corrected chi connectivity index (χ4v) is 2.54. The molecular formula is C16H25N. The van der Waals surface area contributed by atoms with Crippen LogP contribution in [0.2, 0.25) is 0 Å². The summed E-state index contributed by atoms with van der Waals surface area (Å²) in [5, 5.41) is 0. The maximum atomic E-state index is 2.54. The zero-order valence-corrected chi connectivity index (χ0v) is 12.1. The van der Waals surface area contributed by atoms with Gasteiger partial charge in [-0.1, -0.05) is 32.9 Å². The van der Waals surface area contributed by atoms with E-state index in [-0.39, 0.29) is 11.0 Å². The normalized spacial score (nSPS) is 16.2. The van der Waals surface area contributed by atoms with Gasteiger partial charge in [-0.3, -0.25) is 0 Å². The number of benzene rings is 1. The predicted molar refractivity (Wildman–Crippen MR) is 75.9 cm³/mol. The molecule has 0 aliphatic carbocycles. The van der Waals surface area contributed by atoms with Crippen molar-refractivity contribution >= 4 is 5.69 Å². The van der Waals surface area contributed by atoms with Crippen molar-refractivity contribution in [2.45, 2.75) is 58.9 Å². The SMILES string of the molecule is CC(C)(C)c1ccc2c(c1)N(C(C)(C)C)CC2. The van der Waals surface area contributed by atoms with E-state index in [1.165, 1.54) is 23.2 Å². The van der Waals surface area contributed by atoms with Gasteiger partial charge in [0, 0.05) is 17.8 Å². The van der Waals surface area contributed by atoms with Crippen molar-refractivity contribution < 1.29 is 0 Å². The van der Waals surface area contributed by atoms with Crippen LogP contribution in [0.25, 0.3) is 0 Å². The maximum Gasteiger partial charge on any atom is 0.0406 e. The van der Waals surface area contributed by atoms with E-state index in [0.717, 1.165) is 6.54 Å². The van der Waals surface area contributed by atoms with Crippen LogP contribution in [0.3, 0.4) is 0 Å². The van der Waals surface area contributed by atoms with Crippen LogP contribution in [-0.2, 0) is 11.8 Å². The van der Waals surface area contributed by atoms with Crippen LogP contribution in [0.15, 0.2) is 18.2 Å². The molecular weight excluding hydrogens is 206 g/mol. The van der Waals surface area contributed by atoms with Gasteiger partial charge in [0.1, 0.15) is 0 Å². The quantitative estimate of drug-likeness (QED) is 0.648. The van der Waals surface area contributed by atoms with Crippen LogP contribution in [0, 0.1) is 0 Å². The molecule has 1 aromatic carbocycles. The van der Waals surface area contributed by atoms with E-state index in [0.29, 0.717) is 0 Å². The minimum atomic E-state index is 0.224. The van der Waals surface area contributed by atoms with Gasteiger partial charge in [-0.2, -0.15) is 0 Å². The summed E-state index contributed by atoms with van der Waals surface area (Å²) in [5.74, 6) is 0. The molecule has 1 heteroatoms. The first kappa shape index (κ1) is 12.5. The summed E-state index contributed by atoms with van der Waals surface area (Å²) in [7, 11) is 0. The van der Waals surface area contributed by atoms with Gasteiger partial charge in [0.05, 0.1) is 0 Å². The van der Waals surface area contributed by atoms with Crippen LogP contribution < -0.4 is 4.90 Å². The highest BCUT2D eigenvalue weighted by Crippen LogP contribution is 2.36. The first-order valence-electron chi connectivity index (χ1n) is 6.61. The Kier molecular flexibility index (Phi) is 2.76. The lowest BCUT2D eigenvalue weighted by atomic mass is 9.86. The highest BCUT2D eigenvalue weighted by molar-refractivity contribution is 5.61. The molecule has 0 fully saturated rings. The standard InChI is InChI=1S/C16H25N/c1-15(2,3)13-8-7-12-9-10-17(14(12)11-13)16(4,5)6/h7-8,11H,9-10H2,1-6H3. The van der Waals surface area contributed by atoms with Crippen LogP contribution in [0.1, 0.15) is 52.7 Å². The van der Waals surface area contributed by atoms with Gasteiger partial charge < -0.3 is 4.90 Å². The number of hydrogen-bond donors (Lipinski definition) is 0. The van der Waals surface area contributed by atoms with Gasteiger partial charge in [0.2, 0.25) is 0 Å². The van der Waals surface area contributed by atoms with Crippen molar-refractivity contribution in [3.63, 3.8) is 0 Å². The molecule has 0 radical (unpaired) electrons. The molecule has 1 aliphatic heterocycles. The Morgan fingerprint density at radius 2 is 1.65 bits per heavy atom. The topological polar surface area (TPSA) is 3.24 Å². The third kappa shape index (κ3) is 2.34. The molecule has 0 spiro atoms. The van der Waals surface area contributed by atoms with Gasteiger partial charge >= 0.3 is 0 Å². The molecule has 1 nitrogen and oxygen atoms in total. The number of hydrogen-bond acceptors (Lipinski definition) is 1. The molecule has 0 unspecified atom stereocenters. The van der Waals surface area contributed by atoms with Crippen molar-refractivity contribution in [2.24, 2.45) is 0 Å². The molecule has 0 saturated heterocycles. The van der Waals surface area contributed by atoms with E-state index in [2.05, 4.69) is 64.6 Å². The first-order valence-corrected chi connectivity index (χ1v) is 6.61. The monoisotopic (exact) mass is 231 g/mol. The van der Waals surface area contributed by atoms with Crippen molar-refractivity contribution in [3.05, 3.63) is 29.3 Å². The Morgan fingerprint density at radius 3 is 2.18 bits per heavy atom. The van der Waals surface area contributed by atoms with Gasteiger partial charge in [0.25, 0.3) is 0 Å². The Balaban J connectivity index is 2.45. The molecule has 17 heavy (non-hydrogen) atoms. The van der Waals surface area contributed by atoms with Gasteiger partial charge in [-0.05, 0) is 49.8 Å². The highest BCUT2D eigenvalue weighted by Gasteiger charge is 2.29. The molecule has 94 valence electrons. The van der Waals surface area contributed by atoms with E-state index >= 15 is 0 Å². The summed E-state index contributed by atoms with van der Waals surface area (Å²) in [6.07, 6.45) is 1.19. The molecule has 0 bridgehead atoms. The molecule has 1 heterocycles. The molecule has 0 atom stereocenters. The van der Waals surface area contributed by atoms with Crippen LogP contribution in [0.5, 0.6) is 0 Å². The lowest BCUT2D eigenvalue weighted by Gasteiger charge is -2.35. The molecule has 2 rings (SSSR count). The van der Waals surface area contributed by atoms with Crippen molar-refractivity contribution in [1.29, 1.82) is 0 Å². The summed E-state index contributed by atoms with van der Waals surface area (Å²) in [4.78, 5) is 2.54. The average molecular weight is 231 g/mol. The average Bonchev–Trinajstić information content (AvgIpc) is 2.57. The van der Waals surface area contributed by atoms with Crippen LogP contribution in [-0.4, -0.2) is 12.1 Å². The molecule has 0 aromatic heterocycles. The molecule has 1 aromatic rings. The van der Waals surface area contributed by atoms with Crippen LogP contribution in [0.4, 0.5) is 5.69 Å². The Labute approximate surface area is 106 Å². The van der Waals surface area contributed by atoms with E-state index in [9.17, 15) is 0 Å². The summed E-state index contributed by atoms with van der Waals surface area (Å²) in [6.45, 7) is 14.9. The van der Waals surface area contributed by atoms with Gasteiger partial charge in [-0.25, -0.2) is 0 Å². The Bertz CT molecular complexity index is 418. The molecule has 0 amide bonds. The van der Waals surface area contributed by atoms with Gasteiger partial charge in [0.15, 0.2) is 0 Å². The summed E-state index contributed by atoms with van der Waals surface area (Å²) in [5.41, 5.74) is 4.85. The largest absolute Gasteiger partial charge is 0.366 e. The smallest absolute Gasteiger partial charge is 0.0406 e. The summed E-state index contributed by atoms with van der Waals surface area (Å²) < 4.78 is 0. The lowest BCUT2D eigenvalue weighted by molar-refractivity contribution is 0.517. The van der Waals surface area contributed by atoms with Gasteiger partial charge in [-0.15, -0.1) is 0 Å². The molecule has 0 N–H and O–H groups in total. The van der Waals surface area contributed by atoms with Crippen molar-refractivity contribution in [1.82, 2.24) is 0 Å². The Morgan fingerprint density at radius 1 is 1.00 bits per heavy atom. The molecule has 0 saturated carbocycles. The number of fused-ring (bicyclic) bond motifs is 1. The second kappa shape index (κ2) is 3.76. The second-order valence-electron chi connectivity index (χ2n) is 7.17. The Hall–Kier alpha value is -0.980. The first-order chi connectivity index (χ1) is 7.69. The van der Waals surface area contributed by atoms with Crippen LogP contribution >= 0.6 is 0 Å². The second-order valence-corrected chi connectivity index (χ2v) is 7.17. The zero-order valence-electron chi connectivity index (χ0n) is 12.1. The lowest BCUT2D eigenvalue weighted by Crippen LogP contribution is -2.40. The fourth-order valence-electron chi connectivity index (χ4n) is 2.54. The molecule has 1 aliphatic rings. The summed E-state index contributed by atoms with van der Waals surface area (Å²) in [6, 6.07) is 7.01. The fraction of sp³-hybridized carbons (Fsp3) is 0.625. The van der Waals surface area contributed by atoms with E-state index in [1.807, 2.05) is 0 Å². The minimum Gasteiger partial charge on any atom is -0.366 e. The van der Waals surface area contributed by atoms with E-state index < -0.39 is 0 Å². The zero-order chi connectivity index (χ0) is 12.8.